The van der Waals surface area contributed by atoms with Gasteiger partial charge in [-0.1, -0.05) is 46.3 Å². The van der Waals surface area contributed by atoms with Gasteiger partial charge < -0.3 is 4.90 Å². The van der Waals surface area contributed by atoms with Crippen molar-refractivity contribution < 1.29 is 8.42 Å². The van der Waals surface area contributed by atoms with E-state index in [2.05, 4.69) is 42.1 Å². The third-order valence-electron chi connectivity index (χ3n) is 5.23. The molecular weight excluding hydrogens is 484 g/mol. The van der Waals surface area contributed by atoms with E-state index in [1.807, 2.05) is 18.2 Å². The Bertz CT molecular complexity index is 1060. The van der Waals surface area contributed by atoms with E-state index in [4.69, 9.17) is 4.98 Å². The monoisotopic (exact) mass is 506 g/mol. The minimum absolute atomic E-state index is 0.294. The lowest BCUT2D eigenvalue weighted by molar-refractivity contribution is 0.401. The number of hydrogen-bond acceptors (Lipinski definition) is 6. The third kappa shape index (κ3) is 5.46. The van der Waals surface area contributed by atoms with E-state index in [0.717, 1.165) is 47.8 Å². The van der Waals surface area contributed by atoms with Gasteiger partial charge in [-0.3, -0.25) is 0 Å². The number of aromatic nitrogens is 2. The van der Waals surface area contributed by atoms with E-state index in [-0.39, 0.29) is 0 Å². The molecule has 1 fully saturated rings. The first-order valence-electron chi connectivity index (χ1n) is 9.86. The molecule has 3 aromatic rings. The van der Waals surface area contributed by atoms with Gasteiger partial charge in [-0.05, 0) is 48.6 Å². The van der Waals surface area contributed by atoms with Crippen LogP contribution in [0.3, 0.4) is 0 Å². The van der Waals surface area contributed by atoms with Crippen molar-refractivity contribution in [3.05, 3.63) is 70.5 Å². The summed E-state index contributed by atoms with van der Waals surface area (Å²) < 4.78 is 33.1. The standard InChI is InChI=1S/C21H23BrN4O2S2/c22-18-6-8-19(9-7-18)30(27,28)23-15-17-10-12-26(13-11-17)21-24-20(25-29-21)14-16-4-2-1-3-5-16/h1-9,17,23H,10-15H2. The third-order valence-corrected chi connectivity index (χ3v) is 8.02. The summed E-state index contributed by atoms with van der Waals surface area (Å²) in [5.74, 6) is 1.17. The maximum Gasteiger partial charge on any atom is 0.240 e. The number of nitrogens with one attached hydrogen (secondary N) is 1. The van der Waals surface area contributed by atoms with Gasteiger partial charge >= 0.3 is 0 Å². The molecule has 0 atom stereocenters. The van der Waals surface area contributed by atoms with E-state index in [0.29, 0.717) is 17.4 Å². The van der Waals surface area contributed by atoms with Crippen LogP contribution in [0.5, 0.6) is 0 Å². The molecule has 2 aromatic carbocycles. The molecular formula is C21H23BrN4O2S2. The number of benzene rings is 2. The van der Waals surface area contributed by atoms with Gasteiger partial charge in [0, 0.05) is 42.1 Å². The summed E-state index contributed by atoms with van der Waals surface area (Å²) in [6.45, 7) is 2.19. The zero-order valence-electron chi connectivity index (χ0n) is 16.4. The largest absolute Gasteiger partial charge is 0.347 e. The van der Waals surface area contributed by atoms with Crippen LogP contribution in [0.1, 0.15) is 24.2 Å². The topological polar surface area (TPSA) is 75.2 Å². The van der Waals surface area contributed by atoms with Crippen molar-refractivity contribution in [3.63, 3.8) is 0 Å². The lowest BCUT2D eigenvalue weighted by Gasteiger charge is -2.31. The summed E-state index contributed by atoms with van der Waals surface area (Å²) in [5.41, 5.74) is 1.21. The molecule has 0 amide bonds. The first-order valence-corrected chi connectivity index (χ1v) is 12.9. The average Bonchev–Trinajstić information content (AvgIpc) is 3.22. The van der Waals surface area contributed by atoms with Crippen molar-refractivity contribution in [2.75, 3.05) is 24.5 Å². The second-order valence-electron chi connectivity index (χ2n) is 7.39. The SMILES string of the molecule is O=S(=O)(NCC1CCN(c2nc(Cc3ccccc3)ns2)CC1)c1ccc(Br)cc1. The highest BCUT2D eigenvalue weighted by Crippen LogP contribution is 2.25. The van der Waals surface area contributed by atoms with Crippen LogP contribution in [0.25, 0.3) is 0 Å². The van der Waals surface area contributed by atoms with Gasteiger partial charge in [0.05, 0.1) is 4.90 Å². The lowest BCUT2D eigenvalue weighted by atomic mass is 9.97. The van der Waals surface area contributed by atoms with Gasteiger partial charge in [-0.25, -0.2) is 18.1 Å². The highest BCUT2D eigenvalue weighted by atomic mass is 79.9. The van der Waals surface area contributed by atoms with Gasteiger partial charge in [0.1, 0.15) is 5.82 Å². The maximum atomic E-state index is 12.5. The zero-order valence-corrected chi connectivity index (χ0v) is 19.6. The summed E-state index contributed by atoms with van der Waals surface area (Å²) >= 11 is 4.77. The minimum atomic E-state index is -3.47. The van der Waals surface area contributed by atoms with Crippen LogP contribution >= 0.6 is 27.5 Å². The van der Waals surface area contributed by atoms with Gasteiger partial charge in [0.25, 0.3) is 0 Å². The van der Waals surface area contributed by atoms with Crippen LogP contribution in [0.2, 0.25) is 0 Å². The molecule has 0 spiro atoms. The van der Waals surface area contributed by atoms with E-state index >= 15 is 0 Å². The Morgan fingerprint density at radius 2 is 1.77 bits per heavy atom. The highest BCUT2D eigenvalue weighted by Gasteiger charge is 2.24. The second-order valence-corrected chi connectivity index (χ2v) is 10.8. The molecule has 1 aromatic heterocycles. The zero-order chi connectivity index (χ0) is 21.0. The second kappa shape index (κ2) is 9.55. The summed E-state index contributed by atoms with van der Waals surface area (Å²) in [5, 5.41) is 0.954. The number of anilines is 1. The molecule has 2 heterocycles. The fraction of sp³-hybridized carbons (Fsp3) is 0.333. The van der Waals surface area contributed by atoms with Crippen LogP contribution in [0.15, 0.2) is 64.0 Å². The molecule has 0 aliphatic carbocycles. The summed E-state index contributed by atoms with van der Waals surface area (Å²) in [7, 11) is -3.47. The Hall–Kier alpha value is -1.81. The smallest absolute Gasteiger partial charge is 0.240 e. The summed E-state index contributed by atoms with van der Waals surface area (Å²) in [4.78, 5) is 7.25. The number of halogens is 1. The average molecular weight is 507 g/mol. The number of piperidine rings is 1. The van der Waals surface area contributed by atoms with Gasteiger partial charge in [0.15, 0.2) is 0 Å². The molecule has 9 heteroatoms. The molecule has 1 aliphatic heterocycles. The molecule has 1 N–H and O–H groups in total. The van der Waals surface area contributed by atoms with Gasteiger partial charge in [-0.2, -0.15) is 4.37 Å². The Morgan fingerprint density at radius 3 is 2.47 bits per heavy atom. The Labute approximate surface area is 189 Å². The number of rotatable bonds is 7. The quantitative estimate of drug-likeness (QED) is 0.522. The van der Waals surface area contributed by atoms with Crippen molar-refractivity contribution in [3.8, 4) is 0 Å². The van der Waals surface area contributed by atoms with Crippen molar-refractivity contribution in [2.45, 2.75) is 24.2 Å². The van der Waals surface area contributed by atoms with Crippen molar-refractivity contribution >= 4 is 42.6 Å². The normalized spacial score (nSPS) is 15.4. The molecule has 0 unspecified atom stereocenters. The molecule has 6 nitrogen and oxygen atoms in total. The van der Waals surface area contributed by atoms with Crippen LogP contribution in [-0.2, 0) is 16.4 Å². The van der Waals surface area contributed by atoms with Crippen LogP contribution in [-0.4, -0.2) is 37.4 Å². The van der Waals surface area contributed by atoms with Crippen LogP contribution in [0.4, 0.5) is 5.13 Å². The van der Waals surface area contributed by atoms with E-state index in [9.17, 15) is 8.42 Å². The van der Waals surface area contributed by atoms with Gasteiger partial charge in [0.2, 0.25) is 15.2 Å². The van der Waals surface area contributed by atoms with E-state index in [1.165, 1.54) is 17.1 Å². The Kier molecular flexibility index (Phi) is 6.82. The Morgan fingerprint density at radius 1 is 1.07 bits per heavy atom. The van der Waals surface area contributed by atoms with Crippen molar-refractivity contribution in [1.29, 1.82) is 0 Å². The summed E-state index contributed by atoms with van der Waals surface area (Å²) in [6, 6.07) is 16.9. The first kappa shape index (κ1) is 21.4. The predicted octanol–water partition coefficient (Wildman–Crippen LogP) is 4.09. The van der Waals surface area contributed by atoms with Crippen molar-refractivity contribution in [1.82, 2.24) is 14.1 Å². The van der Waals surface area contributed by atoms with E-state index < -0.39 is 10.0 Å². The van der Waals surface area contributed by atoms with Gasteiger partial charge in [-0.15, -0.1) is 0 Å². The van der Waals surface area contributed by atoms with Crippen molar-refractivity contribution in [2.24, 2.45) is 5.92 Å². The summed E-state index contributed by atoms with van der Waals surface area (Å²) in [6.07, 6.45) is 2.60. The van der Waals surface area contributed by atoms with Crippen LogP contribution < -0.4 is 9.62 Å². The Balaban J connectivity index is 1.27. The molecule has 1 aliphatic rings. The predicted molar refractivity (Wildman–Crippen MR) is 123 cm³/mol. The fourth-order valence-corrected chi connectivity index (χ4v) is 5.59. The highest BCUT2D eigenvalue weighted by molar-refractivity contribution is 9.10. The number of hydrogen-bond donors (Lipinski definition) is 1. The molecule has 0 radical (unpaired) electrons. The van der Waals surface area contributed by atoms with E-state index in [1.54, 1.807) is 24.3 Å². The molecule has 158 valence electrons. The minimum Gasteiger partial charge on any atom is -0.347 e. The number of sulfonamides is 1. The first-order chi connectivity index (χ1) is 14.5. The lowest BCUT2D eigenvalue weighted by Crippen LogP contribution is -2.38. The molecule has 0 saturated carbocycles. The molecule has 0 bridgehead atoms. The number of nitrogens with zero attached hydrogens (tertiary/aromatic N) is 3. The molecule has 30 heavy (non-hydrogen) atoms. The molecule has 4 rings (SSSR count). The molecule has 1 saturated heterocycles. The fourth-order valence-electron chi connectivity index (χ4n) is 3.48. The van der Waals surface area contributed by atoms with Crippen LogP contribution in [0, 0.1) is 5.92 Å². The maximum absolute atomic E-state index is 12.5.